The molecule has 0 aliphatic heterocycles. The maximum atomic E-state index is 12.0. The van der Waals surface area contributed by atoms with Crippen LogP contribution in [0.2, 0.25) is 0 Å². The maximum Gasteiger partial charge on any atom is 0.240 e. The molecule has 2 rings (SSSR count). The number of halogens is 1. The highest BCUT2D eigenvalue weighted by Crippen LogP contribution is 2.25. The van der Waals surface area contributed by atoms with Crippen molar-refractivity contribution in [3.63, 3.8) is 0 Å². The van der Waals surface area contributed by atoms with Crippen LogP contribution >= 0.6 is 11.6 Å². The minimum Gasteiger partial charge on any atom is -0.380 e. The fraction of sp³-hybridized carbons (Fsp3) is 0.250. The van der Waals surface area contributed by atoms with Crippen LogP contribution in [0.1, 0.15) is 5.56 Å². The molecule has 0 unspecified atom stereocenters. The third-order valence-electron chi connectivity index (χ3n) is 3.18. The van der Waals surface area contributed by atoms with E-state index in [1.807, 2.05) is 24.3 Å². The Bertz CT molecular complexity index is 714. The summed E-state index contributed by atoms with van der Waals surface area (Å²) in [6, 6.07) is 14.7. The topological polar surface area (TPSA) is 55.4 Å². The summed E-state index contributed by atoms with van der Waals surface area (Å²) in [4.78, 5) is 0.227. The van der Waals surface area contributed by atoms with E-state index in [2.05, 4.69) is 4.72 Å². The fourth-order valence-corrected chi connectivity index (χ4v) is 3.39. The van der Waals surface area contributed by atoms with Crippen molar-refractivity contribution in [1.82, 2.24) is 4.72 Å². The first kappa shape index (κ1) is 17.0. The van der Waals surface area contributed by atoms with E-state index < -0.39 is 10.0 Å². The number of methoxy groups -OCH3 is 1. The van der Waals surface area contributed by atoms with Crippen LogP contribution in [0.25, 0.3) is 11.1 Å². The van der Waals surface area contributed by atoms with Crippen LogP contribution in [-0.4, -0.2) is 28.0 Å². The van der Waals surface area contributed by atoms with Crippen LogP contribution < -0.4 is 4.72 Å². The van der Waals surface area contributed by atoms with Gasteiger partial charge in [0.15, 0.2) is 0 Å². The smallest absolute Gasteiger partial charge is 0.240 e. The van der Waals surface area contributed by atoms with Gasteiger partial charge in [-0.15, -0.1) is 11.6 Å². The third-order valence-corrected chi connectivity index (χ3v) is 4.85. The molecule has 6 heteroatoms. The number of rotatable bonds is 7. The number of nitrogens with one attached hydrogen (secondary N) is 1. The molecule has 0 bridgehead atoms. The summed E-state index contributed by atoms with van der Waals surface area (Å²) in [5, 5.41) is 0. The van der Waals surface area contributed by atoms with E-state index in [0.717, 1.165) is 16.7 Å². The van der Waals surface area contributed by atoms with Gasteiger partial charge in [-0.2, -0.15) is 0 Å². The largest absolute Gasteiger partial charge is 0.380 e. The van der Waals surface area contributed by atoms with Crippen LogP contribution in [0.5, 0.6) is 0 Å². The quantitative estimate of drug-likeness (QED) is 0.789. The van der Waals surface area contributed by atoms with Gasteiger partial charge in [0.2, 0.25) is 10.0 Å². The lowest BCUT2D eigenvalue weighted by Gasteiger charge is -2.10. The molecular formula is C16H18ClNO3S. The lowest BCUT2D eigenvalue weighted by atomic mass is 10.0. The Balaban J connectivity index is 2.30. The second-order valence-electron chi connectivity index (χ2n) is 4.70. The lowest BCUT2D eigenvalue weighted by Crippen LogP contribution is -2.25. The highest BCUT2D eigenvalue weighted by Gasteiger charge is 2.13. The second kappa shape index (κ2) is 7.74. The highest BCUT2D eigenvalue weighted by molar-refractivity contribution is 7.89. The maximum absolute atomic E-state index is 12.0. The van der Waals surface area contributed by atoms with Gasteiger partial charge in [0.25, 0.3) is 0 Å². The monoisotopic (exact) mass is 339 g/mol. The zero-order valence-corrected chi connectivity index (χ0v) is 13.8. The van der Waals surface area contributed by atoms with Crippen molar-refractivity contribution in [2.24, 2.45) is 0 Å². The molecule has 2 aromatic rings. The normalized spacial score (nSPS) is 11.5. The molecule has 0 aliphatic carbocycles. The zero-order chi connectivity index (χ0) is 16.0. The van der Waals surface area contributed by atoms with E-state index in [1.165, 1.54) is 0 Å². The fourth-order valence-electron chi connectivity index (χ4n) is 2.15. The summed E-state index contributed by atoms with van der Waals surface area (Å²) in [6.45, 7) is 0.718. The molecule has 0 radical (unpaired) electrons. The predicted molar refractivity (Wildman–Crippen MR) is 88.5 cm³/mol. The van der Waals surface area contributed by atoms with Gasteiger partial charge < -0.3 is 4.74 Å². The van der Waals surface area contributed by atoms with Crippen LogP contribution in [0.3, 0.4) is 0 Å². The molecule has 2 aromatic carbocycles. The first-order chi connectivity index (χ1) is 10.6. The molecule has 22 heavy (non-hydrogen) atoms. The molecule has 0 spiro atoms. The first-order valence-electron chi connectivity index (χ1n) is 6.81. The minimum atomic E-state index is -3.50. The lowest BCUT2D eigenvalue weighted by molar-refractivity contribution is 0.185. The molecule has 1 N–H and O–H groups in total. The summed E-state index contributed by atoms with van der Waals surface area (Å²) in [6.07, 6.45) is 0. The summed E-state index contributed by atoms with van der Waals surface area (Å²) >= 11 is 5.51. The van der Waals surface area contributed by atoms with Crippen LogP contribution in [0.4, 0.5) is 0 Å². The van der Waals surface area contributed by atoms with Crippen molar-refractivity contribution < 1.29 is 13.2 Å². The molecule has 0 aliphatic rings. The van der Waals surface area contributed by atoms with E-state index in [1.54, 1.807) is 31.4 Å². The Labute approximate surface area is 136 Å². The van der Waals surface area contributed by atoms with Crippen molar-refractivity contribution in [2.75, 3.05) is 19.5 Å². The zero-order valence-electron chi connectivity index (χ0n) is 12.3. The van der Waals surface area contributed by atoms with Crippen LogP contribution in [0.15, 0.2) is 53.4 Å². The number of ether oxygens (including phenoxy) is 1. The van der Waals surface area contributed by atoms with Crippen LogP contribution in [0, 0.1) is 0 Å². The number of benzene rings is 2. The van der Waals surface area contributed by atoms with E-state index in [9.17, 15) is 8.42 Å². The van der Waals surface area contributed by atoms with Gasteiger partial charge >= 0.3 is 0 Å². The standard InChI is InChI=1S/C16H18ClNO3S/c1-21-12-14-4-2-3-5-16(14)13-6-8-15(9-7-13)22(19,20)18-11-10-17/h2-9,18H,10-12H2,1H3. The van der Waals surface area contributed by atoms with E-state index >= 15 is 0 Å². The van der Waals surface area contributed by atoms with Crippen molar-refractivity contribution in [1.29, 1.82) is 0 Å². The number of hydrogen-bond acceptors (Lipinski definition) is 3. The molecule has 0 atom stereocenters. The van der Waals surface area contributed by atoms with Gasteiger partial charge in [-0.1, -0.05) is 36.4 Å². The average molecular weight is 340 g/mol. The predicted octanol–water partition coefficient (Wildman–Crippen LogP) is 3.02. The molecule has 0 aromatic heterocycles. The molecule has 0 fully saturated rings. The van der Waals surface area contributed by atoms with Gasteiger partial charge in [-0.05, 0) is 28.8 Å². The van der Waals surface area contributed by atoms with Crippen molar-refractivity contribution in [3.8, 4) is 11.1 Å². The van der Waals surface area contributed by atoms with Crippen LogP contribution in [-0.2, 0) is 21.4 Å². The van der Waals surface area contributed by atoms with Gasteiger partial charge in [0, 0.05) is 19.5 Å². The Morgan fingerprint density at radius 3 is 2.41 bits per heavy atom. The van der Waals surface area contributed by atoms with E-state index in [0.29, 0.717) is 6.61 Å². The third kappa shape index (κ3) is 4.08. The second-order valence-corrected chi connectivity index (χ2v) is 6.85. The molecule has 0 heterocycles. The van der Waals surface area contributed by atoms with Crippen molar-refractivity contribution in [3.05, 3.63) is 54.1 Å². The van der Waals surface area contributed by atoms with Gasteiger partial charge in [-0.3, -0.25) is 0 Å². The van der Waals surface area contributed by atoms with Gasteiger partial charge in [0.05, 0.1) is 11.5 Å². The summed E-state index contributed by atoms with van der Waals surface area (Å²) < 4.78 is 31.7. The summed E-state index contributed by atoms with van der Waals surface area (Å²) in [5.41, 5.74) is 3.03. The Kier molecular flexibility index (Phi) is 5.97. The minimum absolute atomic E-state index is 0.211. The molecule has 4 nitrogen and oxygen atoms in total. The average Bonchev–Trinajstić information content (AvgIpc) is 2.54. The molecular weight excluding hydrogens is 322 g/mol. The van der Waals surface area contributed by atoms with Gasteiger partial charge in [-0.25, -0.2) is 13.1 Å². The highest BCUT2D eigenvalue weighted by atomic mass is 35.5. The Morgan fingerprint density at radius 2 is 1.77 bits per heavy atom. The number of sulfonamides is 1. The Hall–Kier alpha value is -1.40. The number of alkyl halides is 1. The molecule has 0 saturated heterocycles. The summed E-state index contributed by atoms with van der Waals surface area (Å²) in [7, 11) is -1.85. The van der Waals surface area contributed by atoms with Crippen molar-refractivity contribution >= 4 is 21.6 Å². The molecule has 0 amide bonds. The first-order valence-corrected chi connectivity index (χ1v) is 8.83. The van der Waals surface area contributed by atoms with E-state index in [4.69, 9.17) is 16.3 Å². The summed E-state index contributed by atoms with van der Waals surface area (Å²) in [5.74, 6) is 0.238. The SMILES string of the molecule is COCc1ccccc1-c1ccc(S(=O)(=O)NCCCl)cc1. The van der Waals surface area contributed by atoms with E-state index in [-0.39, 0.29) is 17.3 Å². The molecule has 0 saturated carbocycles. The number of hydrogen-bond donors (Lipinski definition) is 1. The van der Waals surface area contributed by atoms with Gasteiger partial charge in [0.1, 0.15) is 0 Å². The molecule has 118 valence electrons. The van der Waals surface area contributed by atoms with Crippen molar-refractivity contribution in [2.45, 2.75) is 11.5 Å². The Morgan fingerprint density at radius 1 is 1.09 bits per heavy atom.